The molecule has 0 N–H and O–H groups in total. The van der Waals surface area contributed by atoms with Gasteiger partial charge in [-0.25, -0.2) is 0 Å². The van der Waals surface area contributed by atoms with E-state index in [1.807, 2.05) is 24.3 Å². The first-order valence-corrected chi connectivity index (χ1v) is 7.13. The van der Waals surface area contributed by atoms with Gasteiger partial charge in [0.2, 0.25) is 12.3 Å². The number of nitrogens with zero attached hydrogens (tertiary/aromatic N) is 3. The summed E-state index contributed by atoms with van der Waals surface area (Å²) in [4.78, 5) is 18.1. The number of hydrogen-bond donors (Lipinski definition) is 0. The standard InChI is InChI=1S/C16H17N3O3/c1-21-14-4-2-3-12(9-14)5-6-15(20)19-8-7-13(10-19)16-17-11-22-18-16/h2-6,9,11,13H,7-8,10H2,1H3/b6-5-/t13-/m1/s1. The number of rotatable bonds is 4. The highest BCUT2D eigenvalue weighted by Crippen LogP contribution is 2.24. The van der Waals surface area contributed by atoms with E-state index in [2.05, 4.69) is 10.1 Å². The van der Waals surface area contributed by atoms with Crippen LogP contribution in [-0.4, -0.2) is 41.1 Å². The molecule has 0 bridgehead atoms. The minimum Gasteiger partial charge on any atom is -0.497 e. The molecule has 0 saturated carbocycles. The third kappa shape index (κ3) is 3.16. The Balaban J connectivity index is 1.61. The van der Waals surface area contributed by atoms with E-state index in [1.165, 1.54) is 6.39 Å². The summed E-state index contributed by atoms with van der Waals surface area (Å²) in [7, 11) is 1.62. The molecule has 1 aliphatic rings. The maximum Gasteiger partial charge on any atom is 0.246 e. The Morgan fingerprint density at radius 1 is 1.50 bits per heavy atom. The van der Waals surface area contributed by atoms with Crippen molar-refractivity contribution in [1.82, 2.24) is 15.0 Å². The molecule has 1 aromatic carbocycles. The molecule has 1 amide bonds. The lowest BCUT2D eigenvalue weighted by molar-refractivity contribution is -0.124. The fraction of sp³-hybridized carbons (Fsp3) is 0.312. The highest BCUT2D eigenvalue weighted by molar-refractivity contribution is 5.92. The molecule has 2 heterocycles. The maximum absolute atomic E-state index is 12.2. The van der Waals surface area contributed by atoms with Crippen LogP contribution in [0, 0.1) is 0 Å². The number of benzene rings is 1. The van der Waals surface area contributed by atoms with Gasteiger partial charge < -0.3 is 14.2 Å². The molecule has 0 unspecified atom stereocenters. The number of hydrogen-bond acceptors (Lipinski definition) is 5. The Morgan fingerprint density at radius 2 is 2.41 bits per heavy atom. The second kappa shape index (κ2) is 6.43. The molecule has 22 heavy (non-hydrogen) atoms. The van der Waals surface area contributed by atoms with Gasteiger partial charge in [-0.1, -0.05) is 17.3 Å². The third-order valence-corrected chi connectivity index (χ3v) is 3.76. The van der Waals surface area contributed by atoms with Crippen molar-refractivity contribution in [3.8, 4) is 5.75 Å². The summed E-state index contributed by atoms with van der Waals surface area (Å²) in [6, 6.07) is 7.58. The molecule has 0 radical (unpaired) electrons. The van der Waals surface area contributed by atoms with E-state index in [1.54, 1.807) is 24.2 Å². The smallest absolute Gasteiger partial charge is 0.246 e. The van der Waals surface area contributed by atoms with Crippen LogP contribution < -0.4 is 4.74 Å². The van der Waals surface area contributed by atoms with Gasteiger partial charge in [0, 0.05) is 25.1 Å². The molecular formula is C16H17N3O3. The lowest BCUT2D eigenvalue weighted by Crippen LogP contribution is -2.26. The first kappa shape index (κ1) is 14.3. The summed E-state index contributed by atoms with van der Waals surface area (Å²) < 4.78 is 9.92. The largest absolute Gasteiger partial charge is 0.497 e. The zero-order valence-electron chi connectivity index (χ0n) is 12.3. The fourth-order valence-electron chi connectivity index (χ4n) is 2.55. The molecule has 3 rings (SSSR count). The van der Waals surface area contributed by atoms with Crippen LogP contribution in [0.2, 0.25) is 0 Å². The number of amides is 1. The van der Waals surface area contributed by atoms with E-state index in [0.29, 0.717) is 18.9 Å². The van der Waals surface area contributed by atoms with Crippen LogP contribution in [0.4, 0.5) is 0 Å². The SMILES string of the molecule is COc1cccc(/C=C\C(=O)N2CC[C@@H](c3ncon3)C2)c1. The van der Waals surface area contributed by atoms with Crippen LogP contribution in [0.3, 0.4) is 0 Å². The summed E-state index contributed by atoms with van der Waals surface area (Å²) in [5.41, 5.74) is 0.932. The van der Waals surface area contributed by atoms with Gasteiger partial charge in [0.15, 0.2) is 5.82 Å². The van der Waals surface area contributed by atoms with E-state index in [9.17, 15) is 4.79 Å². The van der Waals surface area contributed by atoms with Crippen LogP contribution in [0.15, 0.2) is 41.3 Å². The highest BCUT2D eigenvalue weighted by Gasteiger charge is 2.28. The number of carbonyl (C=O) groups is 1. The Hall–Kier alpha value is -2.63. The molecule has 2 aromatic rings. The summed E-state index contributed by atoms with van der Waals surface area (Å²) in [6.07, 6.45) is 5.57. The molecule has 6 nitrogen and oxygen atoms in total. The normalized spacial score (nSPS) is 18.0. The van der Waals surface area contributed by atoms with E-state index < -0.39 is 0 Å². The number of ether oxygens (including phenoxy) is 1. The Kier molecular flexibility index (Phi) is 4.18. The van der Waals surface area contributed by atoms with Crippen molar-refractivity contribution >= 4 is 12.0 Å². The van der Waals surface area contributed by atoms with Crippen molar-refractivity contribution in [2.75, 3.05) is 20.2 Å². The van der Waals surface area contributed by atoms with Gasteiger partial charge >= 0.3 is 0 Å². The van der Waals surface area contributed by atoms with Gasteiger partial charge in [0.25, 0.3) is 0 Å². The van der Waals surface area contributed by atoms with E-state index in [4.69, 9.17) is 9.26 Å². The third-order valence-electron chi connectivity index (χ3n) is 3.76. The number of carbonyl (C=O) groups excluding carboxylic acids is 1. The second-order valence-corrected chi connectivity index (χ2v) is 5.17. The molecular weight excluding hydrogens is 282 g/mol. The van der Waals surface area contributed by atoms with E-state index in [-0.39, 0.29) is 11.8 Å². The zero-order chi connectivity index (χ0) is 15.4. The zero-order valence-corrected chi connectivity index (χ0v) is 12.3. The van der Waals surface area contributed by atoms with Crippen molar-refractivity contribution in [2.45, 2.75) is 12.3 Å². The van der Waals surface area contributed by atoms with Crippen molar-refractivity contribution < 1.29 is 14.1 Å². The quantitative estimate of drug-likeness (QED) is 0.809. The Labute approximate surface area is 128 Å². The van der Waals surface area contributed by atoms with Crippen LogP contribution in [0.5, 0.6) is 5.75 Å². The average molecular weight is 299 g/mol. The summed E-state index contributed by atoms with van der Waals surface area (Å²) in [6.45, 7) is 1.33. The van der Waals surface area contributed by atoms with Crippen LogP contribution >= 0.6 is 0 Å². The number of methoxy groups -OCH3 is 1. The molecule has 6 heteroatoms. The van der Waals surface area contributed by atoms with Crippen molar-refractivity contribution in [1.29, 1.82) is 0 Å². The van der Waals surface area contributed by atoms with Gasteiger partial charge in [0.1, 0.15) is 5.75 Å². The predicted molar refractivity (Wildman–Crippen MR) is 80.3 cm³/mol. The Bertz CT molecular complexity index is 667. The number of aromatic nitrogens is 2. The van der Waals surface area contributed by atoms with Gasteiger partial charge in [0.05, 0.1) is 7.11 Å². The second-order valence-electron chi connectivity index (χ2n) is 5.17. The first-order valence-electron chi connectivity index (χ1n) is 7.13. The van der Waals surface area contributed by atoms with Gasteiger partial charge in [-0.3, -0.25) is 4.79 Å². The summed E-state index contributed by atoms with van der Waals surface area (Å²) in [5.74, 6) is 1.60. The molecule has 1 saturated heterocycles. The lowest BCUT2D eigenvalue weighted by Gasteiger charge is -2.13. The van der Waals surface area contributed by atoms with E-state index >= 15 is 0 Å². The average Bonchev–Trinajstić information content (AvgIpc) is 3.23. The molecule has 0 aliphatic carbocycles. The monoisotopic (exact) mass is 299 g/mol. The predicted octanol–water partition coefficient (Wildman–Crippen LogP) is 2.11. The topological polar surface area (TPSA) is 68.5 Å². The van der Waals surface area contributed by atoms with Gasteiger partial charge in [-0.05, 0) is 30.2 Å². The minimum absolute atomic E-state index is 0.00573. The van der Waals surface area contributed by atoms with Crippen LogP contribution in [-0.2, 0) is 4.79 Å². The van der Waals surface area contributed by atoms with Crippen molar-refractivity contribution in [3.05, 3.63) is 48.1 Å². The van der Waals surface area contributed by atoms with Crippen LogP contribution in [0.1, 0.15) is 23.7 Å². The number of likely N-dealkylation sites (tertiary alicyclic amines) is 1. The van der Waals surface area contributed by atoms with Crippen molar-refractivity contribution in [3.63, 3.8) is 0 Å². The Morgan fingerprint density at radius 3 is 3.18 bits per heavy atom. The van der Waals surface area contributed by atoms with Gasteiger partial charge in [-0.2, -0.15) is 4.98 Å². The van der Waals surface area contributed by atoms with E-state index in [0.717, 1.165) is 17.7 Å². The highest BCUT2D eigenvalue weighted by atomic mass is 16.5. The molecule has 1 atom stereocenters. The molecule has 1 fully saturated rings. The molecule has 114 valence electrons. The van der Waals surface area contributed by atoms with Crippen LogP contribution in [0.25, 0.3) is 6.08 Å². The lowest BCUT2D eigenvalue weighted by atomic mass is 10.1. The minimum atomic E-state index is -0.00573. The molecule has 0 spiro atoms. The van der Waals surface area contributed by atoms with Crippen molar-refractivity contribution in [2.24, 2.45) is 0 Å². The molecule has 1 aliphatic heterocycles. The molecule has 1 aromatic heterocycles. The summed E-state index contributed by atoms with van der Waals surface area (Å²) >= 11 is 0. The summed E-state index contributed by atoms with van der Waals surface area (Å²) in [5, 5.41) is 3.85. The maximum atomic E-state index is 12.2. The van der Waals surface area contributed by atoms with Gasteiger partial charge in [-0.15, -0.1) is 0 Å². The fourth-order valence-corrected chi connectivity index (χ4v) is 2.55. The first-order chi connectivity index (χ1) is 10.8.